The molecule has 1 amide bonds. The van der Waals surface area contributed by atoms with Crippen molar-refractivity contribution in [3.05, 3.63) is 0 Å². The van der Waals surface area contributed by atoms with Crippen LogP contribution in [0.4, 0.5) is 0 Å². The first-order chi connectivity index (χ1) is 8.15. The molecule has 100 valence electrons. The van der Waals surface area contributed by atoms with Gasteiger partial charge in [-0.15, -0.1) is 0 Å². The Morgan fingerprint density at radius 3 is 2.47 bits per heavy atom. The summed E-state index contributed by atoms with van der Waals surface area (Å²) < 4.78 is 5.10. The van der Waals surface area contributed by atoms with E-state index in [9.17, 15) is 4.79 Å². The third-order valence-corrected chi connectivity index (χ3v) is 3.57. The Bertz CT molecular complexity index is 222. The van der Waals surface area contributed by atoms with Crippen molar-refractivity contribution in [2.75, 3.05) is 26.8 Å². The molecule has 0 heterocycles. The summed E-state index contributed by atoms with van der Waals surface area (Å²) in [6, 6.07) is 0. The fourth-order valence-corrected chi connectivity index (χ4v) is 2.54. The minimum absolute atomic E-state index is 0.0930. The zero-order valence-electron chi connectivity index (χ0n) is 11.6. The van der Waals surface area contributed by atoms with Crippen LogP contribution in [0.15, 0.2) is 0 Å². The first kappa shape index (κ1) is 14.5. The second-order valence-electron chi connectivity index (χ2n) is 5.44. The molecule has 0 N–H and O–H groups in total. The molecule has 0 saturated heterocycles. The van der Waals surface area contributed by atoms with E-state index in [-0.39, 0.29) is 11.8 Å². The molecule has 0 aromatic rings. The van der Waals surface area contributed by atoms with Gasteiger partial charge in [-0.05, 0) is 18.8 Å². The first-order valence-electron chi connectivity index (χ1n) is 6.93. The Morgan fingerprint density at radius 1 is 1.29 bits per heavy atom. The molecule has 17 heavy (non-hydrogen) atoms. The number of carbonyl (C=O) groups is 1. The van der Waals surface area contributed by atoms with Crippen LogP contribution in [0.5, 0.6) is 0 Å². The van der Waals surface area contributed by atoms with E-state index < -0.39 is 0 Å². The van der Waals surface area contributed by atoms with Crippen LogP contribution in [-0.4, -0.2) is 37.6 Å². The summed E-state index contributed by atoms with van der Waals surface area (Å²) in [4.78, 5) is 14.1. The molecule has 0 spiro atoms. The topological polar surface area (TPSA) is 29.5 Å². The summed E-state index contributed by atoms with van der Waals surface area (Å²) in [6.45, 7) is 6.27. The van der Waals surface area contributed by atoms with Crippen molar-refractivity contribution in [1.82, 2.24) is 4.90 Å². The number of hydrogen-bond acceptors (Lipinski definition) is 2. The molecule has 1 aliphatic carbocycles. The molecule has 1 saturated carbocycles. The number of ether oxygens (including phenoxy) is 1. The average Bonchev–Trinajstić information content (AvgIpc) is 2.34. The number of nitrogens with zero attached hydrogens (tertiary/aromatic N) is 1. The summed E-state index contributed by atoms with van der Waals surface area (Å²) in [6.07, 6.45) is 6.60. The maximum atomic E-state index is 12.1. The van der Waals surface area contributed by atoms with E-state index in [1.165, 1.54) is 32.1 Å². The largest absolute Gasteiger partial charge is 0.383 e. The molecular formula is C14H27NO2. The second-order valence-corrected chi connectivity index (χ2v) is 5.44. The summed E-state index contributed by atoms with van der Waals surface area (Å²) in [5, 5.41) is 0. The van der Waals surface area contributed by atoms with Crippen molar-refractivity contribution >= 4 is 5.91 Å². The molecule has 3 nitrogen and oxygen atoms in total. The van der Waals surface area contributed by atoms with E-state index in [2.05, 4.69) is 0 Å². The molecule has 0 radical (unpaired) electrons. The Kier molecular flexibility index (Phi) is 6.56. The predicted octanol–water partition coefficient (Wildman–Crippen LogP) is 2.70. The Balaban J connectivity index is 2.46. The molecule has 0 aromatic carbocycles. The van der Waals surface area contributed by atoms with Gasteiger partial charge in [0.05, 0.1) is 6.61 Å². The predicted molar refractivity (Wildman–Crippen MR) is 69.9 cm³/mol. The summed E-state index contributed by atoms with van der Waals surface area (Å²) in [5.74, 6) is 1.08. The zero-order valence-corrected chi connectivity index (χ0v) is 11.6. The van der Waals surface area contributed by atoms with Gasteiger partial charge < -0.3 is 9.64 Å². The monoisotopic (exact) mass is 241 g/mol. The SMILES string of the molecule is COCCN(CC1CCCCC1)C(=O)C(C)C. The van der Waals surface area contributed by atoms with E-state index in [4.69, 9.17) is 4.74 Å². The van der Waals surface area contributed by atoms with Crippen LogP contribution in [0.2, 0.25) is 0 Å². The van der Waals surface area contributed by atoms with Gasteiger partial charge in [-0.25, -0.2) is 0 Å². The van der Waals surface area contributed by atoms with Gasteiger partial charge in [0.1, 0.15) is 0 Å². The van der Waals surface area contributed by atoms with Gasteiger partial charge in [-0.2, -0.15) is 0 Å². The van der Waals surface area contributed by atoms with Gasteiger partial charge in [-0.1, -0.05) is 33.1 Å². The number of hydrogen-bond donors (Lipinski definition) is 0. The fraction of sp³-hybridized carbons (Fsp3) is 0.929. The quantitative estimate of drug-likeness (QED) is 0.715. The van der Waals surface area contributed by atoms with E-state index in [1.54, 1.807) is 7.11 Å². The third kappa shape index (κ3) is 5.07. The van der Waals surface area contributed by atoms with E-state index >= 15 is 0 Å². The minimum atomic E-state index is 0.0930. The van der Waals surface area contributed by atoms with Crippen molar-refractivity contribution in [3.63, 3.8) is 0 Å². The van der Waals surface area contributed by atoms with E-state index in [1.807, 2.05) is 18.7 Å². The van der Waals surface area contributed by atoms with Gasteiger partial charge in [0.25, 0.3) is 0 Å². The van der Waals surface area contributed by atoms with Crippen LogP contribution < -0.4 is 0 Å². The number of methoxy groups -OCH3 is 1. The molecule has 1 rings (SSSR count). The number of rotatable bonds is 6. The van der Waals surface area contributed by atoms with Gasteiger partial charge in [0.15, 0.2) is 0 Å². The van der Waals surface area contributed by atoms with E-state index in [0.717, 1.165) is 13.1 Å². The van der Waals surface area contributed by atoms with Crippen molar-refractivity contribution in [2.45, 2.75) is 46.0 Å². The van der Waals surface area contributed by atoms with E-state index in [0.29, 0.717) is 12.5 Å². The van der Waals surface area contributed by atoms with Crippen LogP contribution in [0.3, 0.4) is 0 Å². The molecule has 3 heteroatoms. The molecule has 0 aromatic heterocycles. The van der Waals surface area contributed by atoms with Gasteiger partial charge in [0.2, 0.25) is 5.91 Å². The van der Waals surface area contributed by atoms with Crippen LogP contribution in [0.25, 0.3) is 0 Å². The molecule has 0 unspecified atom stereocenters. The molecule has 0 aliphatic heterocycles. The summed E-state index contributed by atoms with van der Waals surface area (Å²) in [5.41, 5.74) is 0. The first-order valence-corrected chi connectivity index (χ1v) is 6.93. The lowest BCUT2D eigenvalue weighted by molar-refractivity contribution is -0.135. The van der Waals surface area contributed by atoms with Crippen LogP contribution in [0, 0.1) is 11.8 Å². The van der Waals surface area contributed by atoms with Gasteiger partial charge >= 0.3 is 0 Å². The Morgan fingerprint density at radius 2 is 1.94 bits per heavy atom. The molecular weight excluding hydrogens is 214 g/mol. The van der Waals surface area contributed by atoms with Crippen molar-refractivity contribution in [1.29, 1.82) is 0 Å². The standard InChI is InChI=1S/C14H27NO2/c1-12(2)14(16)15(9-10-17-3)11-13-7-5-4-6-8-13/h12-13H,4-11H2,1-3H3. The molecule has 1 aliphatic rings. The smallest absolute Gasteiger partial charge is 0.225 e. The lowest BCUT2D eigenvalue weighted by Gasteiger charge is -2.30. The molecule has 1 fully saturated rings. The van der Waals surface area contributed by atoms with Crippen molar-refractivity contribution in [2.24, 2.45) is 11.8 Å². The Hall–Kier alpha value is -0.570. The van der Waals surface area contributed by atoms with Crippen molar-refractivity contribution < 1.29 is 9.53 Å². The van der Waals surface area contributed by atoms with Crippen LogP contribution in [-0.2, 0) is 9.53 Å². The second kappa shape index (κ2) is 7.70. The molecule has 0 bridgehead atoms. The highest BCUT2D eigenvalue weighted by molar-refractivity contribution is 5.78. The zero-order chi connectivity index (χ0) is 12.7. The highest BCUT2D eigenvalue weighted by Gasteiger charge is 2.22. The van der Waals surface area contributed by atoms with Crippen LogP contribution in [0.1, 0.15) is 46.0 Å². The van der Waals surface area contributed by atoms with Gasteiger partial charge in [0, 0.05) is 26.1 Å². The minimum Gasteiger partial charge on any atom is -0.383 e. The van der Waals surface area contributed by atoms with Crippen LogP contribution >= 0.6 is 0 Å². The number of carbonyl (C=O) groups excluding carboxylic acids is 1. The van der Waals surface area contributed by atoms with Gasteiger partial charge in [-0.3, -0.25) is 4.79 Å². The maximum absolute atomic E-state index is 12.1. The third-order valence-electron chi connectivity index (χ3n) is 3.57. The lowest BCUT2D eigenvalue weighted by Crippen LogP contribution is -2.40. The average molecular weight is 241 g/mol. The maximum Gasteiger partial charge on any atom is 0.225 e. The lowest BCUT2D eigenvalue weighted by atomic mass is 9.89. The summed E-state index contributed by atoms with van der Waals surface area (Å²) >= 11 is 0. The highest BCUT2D eigenvalue weighted by atomic mass is 16.5. The highest BCUT2D eigenvalue weighted by Crippen LogP contribution is 2.24. The summed E-state index contributed by atoms with van der Waals surface area (Å²) in [7, 11) is 1.69. The normalized spacial score (nSPS) is 17.4. The number of amides is 1. The van der Waals surface area contributed by atoms with Crippen molar-refractivity contribution in [3.8, 4) is 0 Å². The molecule has 0 atom stereocenters. The fourth-order valence-electron chi connectivity index (χ4n) is 2.54. The Labute approximate surface area is 106 Å².